The average Bonchev–Trinajstić information content (AvgIpc) is 2.94. The Labute approximate surface area is 207 Å². The van der Waals surface area contributed by atoms with Crippen LogP contribution in [0.25, 0.3) is 11.3 Å². The molecule has 3 aromatic carbocycles. The molecular weight excluding hydrogens is 432 g/mol. The highest BCUT2D eigenvalue weighted by Gasteiger charge is 2.30. The highest BCUT2D eigenvalue weighted by Crippen LogP contribution is 2.27. The van der Waals surface area contributed by atoms with Crippen molar-refractivity contribution in [1.29, 1.82) is 0 Å². The van der Waals surface area contributed by atoms with E-state index in [-0.39, 0.29) is 11.8 Å². The molecule has 1 unspecified atom stereocenters. The molecule has 176 valence electrons. The van der Waals surface area contributed by atoms with Crippen LogP contribution < -0.4 is 4.90 Å². The summed E-state index contributed by atoms with van der Waals surface area (Å²) >= 11 is 0. The number of hydrogen-bond donors (Lipinski definition) is 0. The largest absolute Gasteiger partial charge is 0.356 e. The van der Waals surface area contributed by atoms with Crippen LogP contribution >= 0.6 is 0 Å². The van der Waals surface area contributed by atoms with Gasteiger partial charge < -0.3 is 9.80 Å². The number of benzene rings is 3. The summed E-state index contributed by atoms with van der Waals surface area (Å²) in [6, 6.07) is 32.7. The minimum Gasteiger partial charge on any atom is -0.356 e. The Morgan fingerprint density at radius 2 is 1.43 bits per heavy atom. The van der Waals surface area contributed by atoms with Crippen molar-refractivity contribution in [2.24, 2.45) is 5.92 Å². The number of rotatable bonds is 7. The number of carbonyl (C=O) groups is 1. The fourth-order valence-electron chi connectivity index (χ4n) is 4.75. The van der Waals surface area contributed by atoms with Gasteiger partial charge in [0.25, 0.3) is 0 Å². The van der Waals surface area contributed by atoms with E-state index in [0.29, 0.717) is 19.6 Å². The van der Waals surface area contributed by atoms with Crippen LogP contribution in [0.15, 0.2) is 103 Å². The van der Waals surface area contributed by atoms with Gasteiger partial charge in [0.2, 0.25) is 5.91 Å². The number of hydrogen-bond acceptors (Lipinski definition) is 4. The Morgan fingerprint density at radius 1 is 0.829 bits per heavy atom. The number of aromatic nitrogens is 2. The quantitative estimate of drug-likeness (QED) is 0.359. The van der Waals surface area contributed by atoms with Crippen LogP contribution in [0.1, 0.15) is 24.0 Å². The van der Waals surface area contributed by atoms with Crippen molar-refractivity contribution in [3.8, 4) is 11.3 Å². The van der Waals surface area contributed by atoms with Crippen molar-refractivity contribution in [1.82, 2.24) is 14.9 Å². The predicted octanol–water partition coefficient (Wildman–Crippen LogP) is 5.59. The standard InChI is InChI=1S/C30H30N4O/c35-30(34(20-24-11-4-1-5-12-24)21-25-13-6-2-7-14-25)27-17-10-18-33(22-27)29-19-28(31-23-32-29)26-15-8-3-9-16-26/h1-9,11-16,19,23,27H,10,17-18,20-22H2. The minimum absolute atomic E-state index is 0.0636. The molecule has 1 saturated heterocycles. The second-order valence-corrected chi connectivity index (χ2v) is 9.08. The predicted molar refractivity (Wildman–Crippen MR) is 140 cm³/mol. The van der Waals surface area contributed by atoms with Gasteiger partial charge in [-0.1, -0.05) is 91.0 Å². The first-order valence-electron chi connectivity index (χ1n) is 12.3. The Balaban J connectivity index is 1.34. The number of anilines is 1. The van der Waals surface area contributed by atoms with E-state index in [2.05, 4.69) is 51.3 Å². The van der Waals surface area contributed by atoms with E-state index in [1.165, 1.54) is 0 Å². The third kappa shape index (κ3) is 5.75. The first kappa shape index (κ1) is 22.8. The highest BCUT2D eigenvalue weighted by molar-refractivity contribution is 5.80. The molecule has 1 aliphatic heterocycles. The molecule has 1 atom stereocenters. The zero-order chi connectivity index (χ0) is 23.9. The zero-order valence-corrected chi connectivity index (χ0v) is 19.8. The second-order valence-electron chi connectivity index (χ2n) is 9.08. The SMILES string of the molecule is O=C(C1CCCN(c2cc(-c3ccccc3)ncn2)C1)N(Cc1ccccc1)Cc1ccccc1. The summed E-state index contributed by atoms with van der Waals surface area (Å²) in [6.45, 7) is 2.78. The fraction of sp³-hybridized carbons (Fsp3) is 0.233. The van der Waals surface area contributed by atoms with E-state index < -0.39 is 0 Å². The smallest absolute Gasteiger partial charge is 0.228 e. The summed E-state index contributed by atoms with van der Waals surface area (Å²) < 4.78 is 0. The van der Waals surface area contributed by atoms with Crippen LogP contribution in [0.5, 0.6) is 0 Å². The number of piperidine rings is 1. The highest BCUT2D eigenvalue weighted by atomic mass is 16.2. The lowest BCUT2D eigenvalue weighted by molar-refractivity contribution is -0.137. The molecule has 1 fully saturated rings. The van der Waals surface area contributed by atoms with Gasteiger partial charge in [0.15, 0.2) is 0 Å². The van der Waals surface area contributed by atoms with Crippen LogP contribution in [0, 0.1) is 5.92 Å². The molecule has 0 saturated carbocycles. The van der Waals surface area contributed by atoms with Crippen LogP contribution in [0.3, 0.4) is 0 Å². The molecule has 0 aliphatic carbocycles. The van der Waals surface area contributed by atoms with Crippen LogP contribution in [0.2, 0.25) is 0 Å². The van der Waals surface area contributed by atoms with Crippen molar-refractivity contribution >= 4 is 11.7 Å². The molecule has 35 heavy (non-hydrogen) atoms. The molecule has 2 heterocycles. The molecule has 4 aromatic rings. The van der Waals surface area contributed by atoms with E-state index in [1.807, 2.05) is 65.6 Å². The maximum Gasteiger partial charge on any atom is 0.228 e. The topological polar surface area (TPSA) is 49.3 Å². The zero-order valence-electron chi connectivity index (χ0n) is 19.8. The monoisotopic (exact) mass is 462 g/mol. The maximum atomic E-state index is 13.8. The van der Waals surface area contributed by atoms with Gasteiger partial charge in [-0.15, -0.1) is 0 Å². The van der Waals surface area contributed by atoms with Crippen molar-refractivity contribution in [3.05, 3.63) is 115 Å². The molecule has 0 radical (unpaired) electrons. The third-order valence-electron chi connectivity index (χ3n) is 6.56. The summed E-state index contributed by atoms with van der Waals surface area (Å²) in [5.74, 6) is 1.03. The molecule has 5 nitrogen and oxygen atoms in total. The first-order valence-corrected chi connectivity index (χ1v) is 12.3. The molecule has 5 heteroatoms. The van der Waals surface area contributed by atoms with E-state index in [0.717, 1.165) is 47.6 Å². The molecule has 1 aromatic heterocycles. The van der Waals surface area contributed by atoms with Crippen molar-refractivity contribution in [2.45, 2.75) is 25.9 Å². The van der Waals surface area contributed by atoms with Crippen molar-refractivity contribution in [2.75, 3.05) is 18.0 Å². The lowest BCUT2D eigenvalue weighted by Gasteiger charge is -2.36. The third-order valence-corrected chi connectivity index (χ3v) is 6.56. The van der Waals surface area contributed by atoms with Crippen molar-refractivity contribution < 1.29 is 4.79 Å². The number of amides is 1. The van der Waals surface area contributed by atoms with Gasteiger partial charge in [0.1, 0.15) is 12.1 Å². The normalized spacial score (nSPS) is 15.5. The van der Waals surface area contributed by atoms with Gasteiger partial charge in [0.05, 0.1) is 11.6 Å². The summed E-state index contributed by atoms with van der Waals surface area (Å²) in [4.78, 5) is 27.1. The summed E-state index contributed by atoms with van der Waals surface area (Å²) in [5.41, 5.74) is 4.26. The lowest BCUT2D eigenvalue weighted by atomic mass is 9.95. The van der Waals surface area contributed by atoms with Crippen molar-refractivity contribution in [3.63, 3.8) is 0 Å². The average molecular weight is 463 g/mol. The molecule has 1 amide bonds. The minimum atomic E-state index is -0.0636. The van der Waals surface area contributed by atoms with Gasteiger partial charge in [-0.05, 0) is 24.0 Å². The van der Waals surface area contributed by atoms with Crippen LogP contribution in [-0.4, -0.2) is 33.9 Å². The van der Waals surface area contributed by atoms with Gasteiger partial charge in [-0.3, -0.25) is 4.79 Å². The Bertz CT molecular complexity index is 1190. The molecule has 0 N–H and O–H groups in total. The van der Waals surface area contributed by atoms with E-state index in [4.69, 9.17) is 0 Å². The van der Waals surface area contributed by atoms with Gasteiger partial charge in [-0.2, -0.15) is 0 Å². The summed E-state index contributed by atoms with van der Waals surface area (Å²) in [7, 11) is 0. The van der Waals surface area contributed by atoms with E-state index >= 15 is 0 Å². The first-order chi connectivity index (χ1) is 17.3. The Morgan fingerprint density at radius 3 is 2.06 bits per heavy atom. The maximum absolute atomic E-state index is 13.8. The van der Waals surface area contributed by atoms with Gasteiger partial charge in [-0.25, -0.2) is 9.97 Å². The molecule has 1 aliphatic rings. The summed E-state index contributed by atoms with van der Waals surface area (Å²) in [6.07, 6.45) is 3.48. The van der Waals surface area contributed by atoms with Gasteiger partial charge in [0, 0.05) is 37.8 Å². The van der Waals surface area contributed by atoms with Crippen LogP contribution in [-0.2, 0) is 17.9 Å². The van der Waals surface area contributed by atoms with Gasteiger partial charge >= 0.3 is 0 Å². The van der Waals surface area contributed by atoms with E-state index in [9.17, 15) is 4.79 Å². The Hall–Kier alpha value is -3.99. The number of nitrogens with zero attached hydrogens (tertiary/aromatic N) is 4. The Kier molecular flexibility index (Phi) is 7.13. The fourth-order valence-corrected chi connectivity index (χ4v) is 4.75. The lowest BCUT2D eigenvalue weighted by Crippen LogP contribution is -2.44. The molecule has 0 spiro atoms. The molecule has 0 bridgehead atoms. The molecule has 5 rings (SSSR count). The molecular formula is C30H30N4O. The summed E-state index contributed by atoms with van der Waals surface area (Å²) in [5, 5.41) is 0. The van der Waals surface area contributed by atoms with E-state index in [1.54, 1.807) is 6.33 Å². The second kappa shape index (κ2) is 11.0. The number of carbonyl (C=O) groups excluding carboxylic acids is 1. The van der Waals surface area contributed by atoms with Crippen LogP contribution in [0.4, 0.5) is 5.82 Å².